The van der Waals surface area contributed by atoms with E-state index < -0.39 is 5.91 Å². The van der Waals surface area contributed by atoms with Crippen LogP contribution < -0.4 is 10.6 Å². The van der Waals surface area contributed by atoms with Crippen LogP contribution in [0.25, 0.3) is 0 Å². The molecule has 1 atom stereocenters. The lowest BCUT2D eigenvalue weighted by Crippen LogP contribution is -2.33. The smallest absolute Gasteiger partial charge is 0.270 e. The molecule has 2 N–H and O–H groups in total. The van der Waals surface area contributed by atoms with Gasteiger partial charge in [0.1, 0.15) is 6.21 Å². The van der Waals surface area contributed by atoms with Crippen molar-refractivity contribution in [3.05, 3.63) is 64.7 Å². The van der Waals surface area contributed by atoms with Crippen molar-refractivity contribution in [3.8, 4) is 0 Å². The minimum Gasteiger partial charge on any atom is -0.386 e. The number of carbonyl (C=O) groups excluding carboxylic acids is 2. The highest BCUT2D eigenvalue weighted by molar-refractivity contribution is 6.31. The third-order valence-electron chi connectivity index (χ3n) is 4.78. The summed E-state index contributed by atoms with van der Waals surface area (Å²) in [5.41, 5.74) is 5.25. The van der Waals surface area contributed by atoms with E-state index in [9.17, 15) is 9.59 Å². The Kier molecular flexibility index (Phi) is 6.42. The van der Waals surface area contributed by atoms with Gasteiger partial charge in [0.25, 0.3) is 11.8 Å². The molecule has 0 saturated carbocycles. The van der Waals surface area contributed by atoms with E-state index >= 15 is 0 Å². The summed E-state index contributed by atoms with van der Waals surface area (Å²) < 4.78 is 0. The van der Waals surface area contributed by atoms with Crippen LogP contribution in [0, 0.1) is 13.8 Å². The van der Waals surface area contributed by atoms with Crippen molar-refractivity contribution >= 4 is 23.7 Å². The van der Waals surface area contributed by atoms with Crippen molar-refractivity contribution in [2.45, 2.75) is 39.2 Å². The van der Waals surface area contributed by atoms with Crippen LogP contribution in [-0.2, 0) is 20.8 Å². The fourth-order valence-corrected chi connectivity index (χ4v) is 3.44. The standard InChI is InChI=1S/C22H25N3O3/c1-15-10-11-19(16(2)12-15)24-21(26)13-23-28-14-22(27)25-20-9-5-7-17-6-3-4-8-18(17)20/h3-4,6,8,10-13,20H,5,7,9,14H2,1-2H3,(H,24,26)(H,25,27)/b23-13-/t20-/m0/s1. The Balaban J connectivity index is 1.44. The zero-order valence-corrected chi connectivity index (χ0v) is 16.2. The predicted octanol–water partition coefficient (Wildman–Crippen LogP) is 3.44. The number of nitrogens with zero attached hydrogens (tertiary/aromatic N) is 1. The van der Waals surface area contributed by atoms with Crippen LogP contribution in [0.1, 0.15) is 41.1 Å². The summed E-state index contributed by atoms with van der Waals surface area (Å²) >= 11 is 0. The zero-order valence-electron chi connectivity index (χ0n) is 16.2. The molecule has 1 aliphatic rings. The fraction of sp³-hybridized carbons (Fsp3) is 0.318. The third kappa shape index (κ3) is 5.19. The molecule has 0 radical (unpaired) electrons. The molecule has 0 aromatic heterocycles. The molecule has 28 heavy (non-hydrogen) atoms. The maximum Gasteiger partial charge on any atom is 0.270 e. The van der Waals surface area contributed by atoms with Crippen LogP contribution >= 0.6 is 0 Å². The van der Waals surface area contributed by atoms with Gasteiger partial charge in [-0.15, -0.1) is 0 Å². The number of amides is 2. The summed E-state index contributed by atoms with van der Waals surface area (Å²) in [6, 6.07) is 13.9. The third-order valence-corrected chi connectivity index (χ3v) is 4.78. The van der Waals surface area contributed by atoms with Crippen molar-refractivity contribution in [1.29, 1.82) is 0 Å². The summed E-state index contributed by atoms with van der Waals surface area (Å²) in [4.78, 5) is 29.0. The first-order valence-corrected chi connectivity index (χ1v) is 9.43. The van der Waals surface area contributed by atoms with Crippen molar-refractivity contribution in [2.24, 2.45) is 5.16 Å². The number of oxime groups is 1. The molecule has 3 rings (SSSR count). The van der Waals surface area contributed by atoms with Gasteiger partial charge in [0.15, 0.2) is 6.61 Å². The van der Waals surface area contributed by atoms with Crippen LogP contribution in [0.5, 0.6) is 0 Å². The highest BCUT2D eigenvalue weighted by Gasteiger charge is 2.21. The van der Waals surface area contributed by atoms with Gasteiger partial charge in [-0.2, -0.15) is 0 Å². The lowest BCUT2D eigenvalue weighted by Gasteiger charge is -2.26. The largest absolute Gasteiger partial charge is 0.386 e. The lowest BCUT2D eigenvalue weighted by atomic mass is 9.88. The lowest BCUT2D eigenvalue weighted by molar-refractivity contribution is -0.126. The van der Waals surface area contributed by atoms with Crippen LogP contribution in [0.2, 0.25) is 0 Å². The van der Waals surface area contributed by atoms with Gasteiger partial charge in [-0.3, -0.25) is 9.59 Å². The Morgan fingerprint density at radius 1 is 1.21 bits per heavy atom. The molecule has 2 amide bonds. The number of anilines is 1. The second-order valence-corrected chi connectivity index (χ2v) is 7.03. The van der Waals surface area contributed by atoms with E-state index in [0.717, 1.165) is 42.3 Å². The predicted molar refractivity (Wildman–Crippen MR) is 109 cm³/mol. The van der Waals surface area contributed by atoms with Crippen molar-refractivity contribution < 1.29 is 14.4 Å². The molecule has 0 saturated heterocycles. The van der Waals surface area contributed by atoms with Gasteiger partial charge < -0.3 is 15.5 Å². The number of aryl methyl sites for hydroxylation is 3. The fourth-order valence-electron chi connectivity index (χ4n) is 3.44. The monoisotopic (exact) mass is 379 g/mol. The number of hydrogen-bond donors (Lipinski definition) is 2. The molecular weight excluding hydrogens is 354 g/mol. The van der Waals surface area contributed by atoms with Gasteiger partial charge >= 0.3 is 0 Å². The number of hydrogen-bond acceptors (Lipinski definition) is 4. The molecule has 2 aromatic rings. The Bertz CT molecular complexity index is 892. The molecule has 6 nitrogen and oxygen atoms in total. The summed E-state index contributed by atoms with van der Waals surface area (Å²) in [6.07, 6.45) is 4.02. The van der Waals surface area contributed by atoms with E-state index in [2.05, 4.69) is 27.9 Å². The van der Waals surface area contributed by atoms with Crippen LogP contribution in [0.4, 0.5) is 5.69 Å². The Hall–Kier alpha value is -3.15. The quantitative estimate of drug-likeness (QED) is 0.596. The number of nitrogens with one attached hydrogen (secondary N) is 2. The van der Waals surface area contributed by atoms with Crippen molar-refractivity contribution in [3.63, 3.8) is 0 Å². The topological polar surface area (TPSA) is 79.8 Å². The van der Waals surface area contributed by atoms with E-state index in [1.54, 1.807) is 0 Å². The van der Waals surface area contributed by atoms with Gasteiger partial charge in [-0.1, -0.05) is 47.1 Å². The molecule has 6 heteroatoms. The SMILES string of the molecule is Cc1ccc(NC(=O)/C=N\OCC(=O)N[C@H]2CCCc3ccccc32)c(C)c1. The number of rotatable bonds is 6. The minimum absolute atomic E-state index is 0.00200. The van der Waals surface area contributed by atoms with Crippen molar-refractivity contribution in [1.82, 2.24) is 5.32 Å². The molecule has 0 aliphatic heterocycles. The van der Waals surface area contributed by atoms with Gasteiger partial charge in [0.2, 0.25) is 0 Å². The number of benzene rings is 2. The molecule has 0 fully saturated rings. The summed E-state index contributed by atoms with van der Waals surface area (Å²) in [6.45, 7) is 3.68. The normalized spacial score (nSPS) is 15.7. The summed E-state index contributed by atoms with van der Waals surface area (Å²) in [5.74, 6) is -0.665. The molecule has 1 aliphatic carbocycles. The molecule has 0 bridgehead atoms. The van der Waals surface area contributed by atoms with Gasteiger partial charge in [0.05, 0.1) is 6.04 Å². The highest BCUT2D eigenvalue weighted by Crippen LogP contribution is 2.29. The van der Waals surface area contributed by atoms with Gasteiger partial charge in [0, 0.05) is 5.69 Å². The molecule has 0 heterocycles. The second-order valence-electron chi connectivity index (χ2n) is 7.03. The molecule has 146 valence electrons. The Morgan fingerprint density at radius 3 is 2.86 bits per heavy atom. The van der Waals surface area contributed by atoms with E-state index in [4.69, 9.17) is 4.84 Å². The van der Waals surface area contributed by atoms with Crippen LogP contribution in [0.3, 0.4) is 0 Å². The number of fused-ring (bicyclic) bond motifs is 1. The summed E-state index contributed by atoms with van der Waals surface area (Å²) in [5, 5.41) is 9.30. The maximum atomic E-state index is 12.1. The number of carbonyl (C=O) groups is 2. The zero-order chi connectivity index (χ0) is 19.9. The van der Waals surface area contributed by atoms with Crippen LogP contribution in [0.15, 0.2) is 47.6 Å². The molecule has 0 spiro atoms. The first-order chi connectivity index (χ1) is 13.5. The average molecular weight is 379 g/mol. The van der Waals surface area contributed by atoms with E-state index in [-0.39, 0.29) is 18.6 Å². The van der Waals surface area contributed by atoms with Crippen LogP contribution in [-0.4, -0.2) is 24.6 Å². The first kappa shape index (κ1) is 19.6. The van der Waals surface area contributed by atoms with E-state index in [1.807, 2.05) is 44.2 Å². The molecule has 0 unspecified atom stereocenters. The molecular formula is C22H25N3O3. The highest BCUT2D eigenvalue weighted by atomic mass is 16.6. The van der Waals surface area contributed by atoms with E-state index in [1.165, 1.54) is 11.1 Å². The van der Waals surface area contributed by atoms with E-state index in [0.29, 0.717) is 0 Å². The van der Waals surface area contributed by atoms with Gasteiger partial charge in [-0.05, 0) is 55.9 Å². The first-order valence-electron chi connectivity index (χ1n) is 9.43. The minimum atomic E-state index is -0.409. The Labute approximate surface area is 165 Å². The Morgan fingerprint density at radius 2 is 2.04 bits per heavy atom. The molecule has 2 aromatic carbocycles. The van der Waals surface area contributed by atoms with Crippen molar-refractivity contribution in [2.75, 3.05) is 11.9 Å². The maximum absolute atomic E-state index is 12.1. The second kappa shape index (κ2) is 9.17. The van der Waals surface area contributed by atoms with Gasteiger partial charge in [-0.25, -0.2) is 0 Å². The average Bonchev–Trinajstić information content (AvgIpc) is 2.68. The summed E-state index contributed by atoms with van der Waals surface area (Å²) in [7, 11) is 0.